The summed E-state index contributed by atoms with van der Waals surface area (Å²) in [6.45, 7) is 0.310. The highest BCUT2D eigenvalue weighted by molar-refractivity contribution is 6.15. The van der Waals surface area contributed by atoms with Gasteiger partial charge in [0.2, 0.25) is 11.6 Å². The van der Waals surface area contributed by atoms with Gasteiger partial charge in [-0.05, 0) is 12.1 Å². The number of hydrogen-bond donors (Lipinski definition) is 1. The van der Waals surface area contributed by atoms with E-state index in [1.54, 1.807) is 24.3 Å². The molecule has 0 radical (unpaired) electrons. The number of carbonyl (C=O) groups is 3. The summed E-state index contributed by atoms with van der Waals surface area (Å²) in [4.78, 5) is 39.5. The molecule has 1 atom stereocenters. The summed E-state index contributed by atoms with van der Waals surface area (Å²) in [7, 11) is 1.48. The van der Waals surface area contributed by atoms with Gasteiger partial charge >= 0.3 is 5.97 Å². The molecule has 116 valence electrons. The van der Waals surface area contributed by atoms with Gasteiger partial charge in [0.15, 0.2) is 0 Å². The fourth-order valence-electron chi connectivity index (χ4n) is 3.25. The Morgan fingerprint density at radius 1 is 1.36 bits per heavy atom. The van der Waals surface area contributed by atoms with Crippen LogP contribution in [-0.2, 0) is 14.3 Å². The van der Waals surface area contributed by atoms with Crippen LogP contribution >= 0.6 is 0 Å². The first kappa shape index (κ1) is 14.5. The van der Waals surface area contributed by atoms with E-state index in [1.807, 2.05) is 0 Å². The molecule has 1 fully saturated rings. The summed E-state index contributed by atoms with van der Waals surface area (Å²) >= 11 is 0. The van der Waals surface area contributed by atoms with Crippen molar-refractivity contribution in [1.82, 2.24) is 4.90 Å². The molecule has 0 spiro atoms. The molecule has 7 nitrogen and oxygen atoms in total. The largest absolute Gasteiger partial charge is 0.478 e. The molecule has 0 bridgehead atoms. The molecule has 1 saturated heterocycles. The summed E-state index contributed by atoms with van der Waals surface area (Å²) in [5, 5.41) is 9.80. The molecular formula is C15H16N2O5. The van der Waals surface area contributed by atoms with E-state index >= 15 is 0 Å². The van der Waals surface area contributed by atoms with Crippen LogP contribution in [0.25, 0.3) is 0 Å². The highest BCUT2D eigenvalue weighted by Gasteiger charge is 2.61. The number of amides is 2. The molecule has 2 amide bonds. The van der Waals surface area contributed by atoms with Crippen LogP contribution in [0.3, 0.4) is 0 Å². The summed E-state index contributed by atoms with van der Waals surface area (Å²) in [5.41, 5.74) is -0.946. The second-order valence-electron chi connectivity index (χ2n) is 5.32. The first-order valence-electron chi connectivity index (χ1n) is 7.00. The van der Waals surface area contributed by atoms with Gasteiger partial charge in [-0.2, -0.15) is 0 Å². The van der Waals surface area contributed by atoms with Crippen molar-refractivity contribution in [1.29, 1.82) is 0 Å². The molecule has 22 heavy (non-hydrogen) atoms. The number of rotatable bonds is 4. The minimum atomic E-state index is -1.65. The van der Waals surface area contributed by atoms with Gasteiger partial charge in [0.1, 0.15) is 0 Å². The lowest BCUT2D eigenvalue weighted by molar-refractivity contribution is -0.150. The Balaban J connectivity index is 2.21. The van der Waals surface area contributed by atoms with E-state index in [4.69, 9.17) is 4.74 Å². The number of aliphatic carboxylic acids is 1. The standard InChI is InChI=1S/C15H16N2O5/c1-22-9-8-16-13(19)10-4-2-3-5-11(10)17-12(18)6-7-15(16,17)14(20)21/h2-5H,6-9H2,1H3,(H,20,21)/t15-/m0/s1. The smallest absolute Gasteiger partial charge is 0.351 e. The third-order valence-electron chi connectivity index (χ3n) is 4.24. The lowest BCUT2D eigenvalue weighted by atomic mass is 9.96. The van der Waals surface area contributed by atoms with E-state index in [2.05, 4.69) is 0 Å². The number of para-hydroxylation sites is 1. The molecule has 0 saturated carbocycles. The summed E-state index contributed by atoms with van der Waals surface area (Å²) < 4.78 is 4.99. The number of benzene rings is 1. The van der Waals surface area contributed by atoms with Gasteiger partial charge in [0, 0.05) is 26.5 Å². The van der Waals surface area contributed by atoms with Crippen molar-refractivity contribution >= 4 is 23.5 Å². The van der Waals surface area contributed by atoms with Crippen LogP contribution in [0.4, 0.5) is 5.69 Å². The van der Waals surface area contributed by atoms with E-state index in [-0.39, 0.29) is 37.8 Å². The van der Waals surface area contributed by atoms with Crippen molar-refractivity contribution < 1.29 is 24.2 Å². The maximum Gasteiger partial charge on any atom is 0.351 e. The minimum Gasteiger partial charge on any atom is -0.478 e. The predicted octanol–water partition coefficient (Wildman–Crippen LogP) is 0.696. The normalized spacial score (nSPS) is 23.5. The molecule has 2 aliphatic heterocycles. The van der Waals surface area contributed by atoms with Crippen molar-refractivity contribution in [3.63, 3.8) is 0 Å². The average molecular weight is 304 g/mol. The first-order valence-corrected chi connectivity index (χ1v) is 7.00. The lowest BCUT2D eigenvalue weighted by Crippen LogP contribution is -2.68. The quantitative estimate of drug-likeness (QED) is 0.884. The first-order chi connectivity index (χ1) is 10.5. The van der Waals surface area contributed by atoms with Gasteiger partial charge in [-0.3, -0.25) is 14.5 Å². The van der Waals surface area contributed by atoms with Gasteiger partial charge < -0.3 is 14.7 Å². The van der Waals surface area contributed by atoms with Crippen LogP contribution < -0.4 is 4.90 Å². The molecule has 0 aliphatic carbocycles. The zero-order chi connectivity index (χ0) is 15.9. The zero-order valence-electron chi connectivity index (χ0n) is 12.1. The molecule has 0 unspecified atom stereocenters. The Kier molecular flexibility index (Phi) is 3.37. The average Bonchev–Trinajstić information content (AvgIpc) is 2.86. The van der Waals surface area contributed by atoms with Crippen LogP contribution in [0.2, 0.25) is 0 Å². The maximum atomic E-state index is 12.8. The van der Waals surface area contributed by atoms with Crippen molar-refractivity contribution in [3.05, 3.63) is 29.8 Å². The van der Waals surface area contributed by atoms with Gasteiger partial charge in [-0.25, -0.2) is 4.79 Å². The highest BCUT2D eigenvalue weighted by atomic mass is 16.5. The van der Waals surface area contributed by atoms with E-state index in [0.29, 0.717) is 11.3 Å². The Bertz CT molecular complexity index is 659. The van der Waals surface area contributed by atoms with Gasteiger partial charge in [0.05, 0.1) is 17.9 Å². The molecule has 2 aliphatic rings. The number of nitrogens with zero attached hydrogens (tertiary/aromatic N) is 2. The topological polar surface area (TPSA) is 87.2 Å². The van der Waals surface area contributed by atoms with Crippen LogP contribution in [-0.4, -0.2) is 53.7 Å². The number of methoxy groups -OCH3 is 1. The molecule has 1 aromatic carbocycles. The van der Waals surface area contributed by atoms with E-state index in [9.17, 15) is 19.5 Å². The number of anilines is 1. The second kappa shape index (κ2) is 5.10. The van der Waals surface area contributed by atoms with Crippen molar-refractivity contribution in [2.24, 2.45) is 0 Å². The fraction of sp³-hybridized carbons (Fsp3) is 0.400. The van der Waals surface area contributed by atoms with E-state index in [1.165, 1.54) is 16.9 Å². The molecule has 0 aromatic heterocycles. The predicted molar refractivity (Wildman–Crippen MR) is 76.4 cm³/mol. The number of fused-ring (bicyclic) bond motifs is 3. The number of ether oxygens (including phenoxy) is 1. The molecule has 3 rings (SSSR count). The van der Waals surface area contributed by atoms with E-state index in [0.717, 1.165) is 0 Å². The zero-order valence-corrected chi connectivity index (χ0v) is 12.1. The molecule has 7 heteroatoms. The number of carboxylic acids is 1. The van der Waals surface area contributed by atoms with Crippen LogP contribution in [0.1, 0.15) is 23.2 Å². The third kappa shape index (κ3) is 1.75. The molecule has 1 N–H and O–H groups in total. The van der Waals surface area contributed by atoms with Crippen LogP contribution in [0.5, 0.6) is 0 Å². The molecule has 2 heterocycles. The highest BCUT2D eigenvalue weighted by Crippen LogP contribution is 2.44. The summed E-state index contributed by atoms with van der Waals surface area (Å²) in [6.07, 6.45) is 0.169. The Morgan fingerprint density at radius 3 is 2.77 bits per heavy atom. The van der Waals surface area contributed by atoms with E-state index < -0.39 is 11.6 Å². The Labute approximate surface area is 127 Å². The van der Waals surface area contributed by atoms with Crippen molar-refractivity contribution in [3.8, 4) is 0 Å². The van der Waals surface area contributed by atoms with Crippen molar-refractivity contribution in [2.45, 2.75) is 18.5 Å². The SMILES string of the molecule is COCCN1C(=O)c2ccccc2N2C(=O)CC[C@]12C(=O)O. The molecule has 1 aromatic rings. The van der Waals surface area contributed by atoms with Gasteiger partial charge in [-0.1, -0.05) is 12.1 Å². The number of carboxylic acid groups (broad SMARTS) is 1. The fourth-order valence-corrected chi connectivity index (χ4v) is 3.25. The monoisotopic (exact) mass is 304 g/mol. The van der Waals surface area contributed by atoms with Crippen LogP contribution in [0.15, 0.2) is 24.3 Å². The third-order valence-corrected chi connectivity index (χ3v) is 4.24. The van der Waals surface area contributed by atoms with Crippen LogP contribution in [0, 0.1) is 0 Å². The number of carbonyl (C=O) groups excluding carboxylic acids is 2. The minimum absolute atomic E-state index is 0.0744. The molecular weight excluding hydrogens is 288 g/mol. The second-order valence-corrected chi connectivity index (χ2v) is 5.32. The van der Waals surface area contributed by atoms with Crippen molar-refractivity contribution in [2.75, 3.05) is 25.2 Å². The summed E-state index contributed by atoms with van der Waals surface area (Å²) in [6, 6.07) is 6.60. The summed E-state index contributed by atoms with van der Waals surface area (Å²) in [5.74, 6) is -1.87. The maximum absolute atomic E-state index is 12.8. The Hall–Kier alpha value is -2.41. The van der Waals surface area contributed by atoms with Gasteiger partial charge in [-0.15, -0.1) is 0 Å². The van der Waals surface area contributed by atoms with Gasteiger partial charge in [0.25, 0.3) is 5.91 Å². The lowest BCUT2D eigenvalue weighted by Gasteiger charge is -2.47. The number of hydrogen-bond acceptors (Lipinski definition) is 4. The Morgan fingerprint density at radius 2 is 2.09 bits per heavy atom.